The Morgan fingerprint density at radius 2 is 1.50 bits per heavy atom. The predicted octanol–water partition coefficient (Wildman–Crippen LogP) is 2.18. The third-order valence-electron chi connectivity index (χ3n) is 5.31. The van der Waals surface area contributed by atoms with Crippen molar-refractivity contribution in [3.05, 3.63) is 0 Å². The molecule has 0 saturated heterocycles. The van der Waals surface area contributed by atoms with Gasteiger partial charge in [0, 0.05) is 32.5 Å². The Hall–Kier alpha value is -2.20. The molecule has 10 heteroatoms. The van der Waals surface area contributed by atoms with Crippen LogP contribution in [0.25, 0.3) is 0 Å². The van der Waals surface area contributed by atoms with Gasteiger partial charge in [-0.3, -0.25) is 19.2 Å². The van der Waals surface area contributed by atoms with Gasteiger partial charge in [0.15, 0.2) is 0 Å². The SMILES string of the molecule is CCOC(C)(C)CCNC(=O)CC[C@H](NC(=O)[C@@H](N)CCC(=O)OC(C)(C)C)C(=O)NCCC(C)C. The molecule has 0 heterocycles. The van der Waals surface area contributed by atoms with E-state index in [9.17, 15) is 19.2 Å². The van der Waals surface area contributed by atoms with Gasteiger partial charge in [-0.2, -0.15) is 0 Å². The highest BCUT2D eigenvalue weighted by Crippen LogP contribution is 2.13. The van der Waals surface area contributed by atoms with Gasteiger partial charge in [-0.25, -0.2) is 0 Å². The average Bonchev–Trinajstić information content (AvgIpc) is 2.72. The average molecular weight is 515 g/mol. The minimum Gasteiger partial charge on any atom is -0.460 e. The van der Waals surface area contributed by atoms with E-state index in [4.69, 9.17) is 15.2 Å². The Labute approximate surface area is 217 Å². The van der Waals surface area contributed by atoms with Gasteiger partial charge in [0.05, 0.1) is 11.6 Å². The number of esters is 1. The summed E-state index contributed by atoms with van der Waals surface area (Å²) in [5, 5.41) is 8.31. The summed E-state index contributed by atoms with van der Waals surface area (Å²) >= 11 is 0. The number of ether oxygens (including phenoxy) is 2. The Balaban J connectivity index is 4.90. The fourth-order valence-electron chi connectivity index (χ4n) is 3.28. The van der Waals surface area contributed by atoms with E-state index >= 15 is 0 Å². The van der Waals surface area contributed by atoms with E-state index in [0.29, 0.717) is 32.0 Å². The topological polar surface area (TPSA) is 149 Å². The minimum absolute atomic E-state index is 0.0163. The highest BCUT2D eigenvalue weighted by Gasteiger charge is 2.26. The number of hydrogen-bond acceptors (Lipinski definition) is 7. The summed E-state index contributed by atoms with van der Waals surface area (Å²) in [6.07, 6.45) is 1.69. The zero-order valence-corrected chi connectivity index (χ0v) is 23.6. The molecule has 0 aliphatic carbocycles. The lowest BCUT2D eigenvalue weighted by atomic mass is 10.0. The van der Waals surface area contributed by atoms with Gasteiger partial charge >= 0.3 is 5.97 Å². The molecule has 0 aromatic rings. The van der Waals surface area contributed by atoms with Crippen LogP contribution in [-0.2, 0) is 28.7 Å². The molecule has 0 rings (SSSR count). The number of carbonyl (C=O) groups excluding carboxylic acids is 4. The maximum atomic E-state index is 12.7. The summed E-state index contributed by atoms with van der Waals surface area (Å²) in [5.74, 6) is -1.18. The maximum Gasteiger partial charge on any atom is 0.306 e. The number of nitrogens with one attached hydrogen (secondary N) is 3. The van der Waals surface area contributed by atoms with E-state index in [1.54, 1.807) is 20.8 Å². The molecule has 3 amide bonds. The molecular formula is C26H50N4O6. The maximum absolute atomic E-state index is 12.7. The van der Waals surface area contributed by atoms with E-state index < -0.39 is 29.6 Å². The molecule has 210 valence electrons. The second-order valence-corrected chi connectivity index (χ2v) is 11.1. The molecular weight excluding hydrogens is 464 g/mol. The largest absolute Gasteiger partial charge is 0.460 e. The van der Waals surface area contributed by atoms with Gasteiger partial charge in [-0.05, 0) is 73.1 Å². The first-order chi connectivity index (χ1) is 16.6. The lowest BCUT2D eigenvalue weighted by molar-refractivity contribution is -0.155. The van der Waals surface area contributed by atoms with Gasteiger partial charge in [-0.15, -0.1) is 0 Å². The first-order valence-corrected chi connectivity index (χ1v) is 13.0. The third-order valence-corrected chi connectivity index (χ3v) is 5.31. The van der Waals surface area contributed by atoms with Crippen molar-refractivity contribution in [3.63, 3.8) is 0 Å². The highest BCUT2D eigenvalue weighted by molar-refractivity contribution is 5.90. The molecule has 10 nitrogen and oxygen atoms in total. The van der Waals surface area contributed by atoms with Crippen molar-refractivity contribution >= 4 is 23.7 Å². The Kier molecular flexibility index (Phi) is 15.5. The lowest BCUT2D eigenvalue weighted by Crippen LogP contribution is -2.52. The van der Waals surface area contributed by atoms with Crippen LogP contribution < -0.4 is 21.7 Å². The number of amides is 3. The van der Waals surface area contributed by atoms with Crippen LogP contribution in [0.2, 0.25) is 0 Å². The lowest BCUT2D eigenvalue weighted by Gasteiger charge is -2.24. The normalized spacial score (nSPS) is 13.6. The summed E-state index contributed by atoms with van der Waals surface area (Å²) in [5.41, 5.74) is 5.00. The summed E-state index contributed by atoms with van der Waals surface area (Å²) < 4.78 is 10.9. The monoisotopic (exact) mass is 514 g/mol. The van der Waals surface area contributed by atoms with Crippen molar-refractivity contribution in [2.75, 3.05) is 19.7 Å². The van der Waals surface area contributed by atoms with Crippen LogP contribution in [0.1, 0.15) is 93.9 Å². The summed E-state index contributed by atoms with van der Waals surface area (Å²) in [6, 6.07) is -1.90. The van der Waals surface area contributed by atoms with E-state index in [1.165, 1.54) is 0 Å². The van der Waals surface area contributed by atoms with Crippen LogP contribution in [0.3, 0.4) is 0 Å². The molecule has 0 radical (unpaired) electrons. The Morgan fingerprint density at radius 3 is 2.06 bits per heavy atom. The second-order valence-electron chi connectivity index (χ2n) is 11.1. The van der Waals surface area contributed by atoms with E-state index in [1.807, 2.05) is 34.6 Å². The molecule has 0 aromatic heterocycles. The Morgan fingerprint density at radius 1 is 0.861 bits per heavy atom. The van der Waals surface area contributed by atoms with Crippen molar-refractivity contribution in [2.45, 2.75) is 117 Å². The van der Waals surface area contributed by atoms with E-state index in [-0.39, 0.29) is 43.1 Å². The summed E-state index contributed by atoms with van der Waals surface area (Å²) in [4.78, 5) is 49.7. The number of nitrogens with two attached hydrogens (primary N) is 1. The molecule has 0 unspecified atom stereocenters. The third kappa shape index (κ3) is 17.3. The first kappa shape index (κ1) is 33.8. The van der Waals surface area contributed by atoms with Crippen LogP contribution in [0.4, 0.5) is 0 Å². The van der Waals surface area contributed by atoms with Crippen molar-refractivity contribution in [1.29, 1.82) is 0 Å². The second kappa shape index (κ2) is 16.5. The zero-order valence-electron chi connectivity index (χ0n) is 23.6. The molecule has 5 N–H and O–H groups in total. The predicted molar refractivity (Wildman–Crippen MR) is 140 cm³/mol. The number of rotatable bonds is 17. The molecule has 0 spiro atoms. The van der Waals surface area contributed by atoms with Crippen LogP contribution in [0.5, 0.6) is 0 Å². The van der Waals surface area contributed by atoms with Crippen LogP contribution in [0, 0.1) is 5.92 Å². The van der Waals surface area contributed by atoms with Crippen molar-refractivity contribution in [1.82, 2.24) is 16.0 Å². The summed E-state index contributed by atoms with van der Waals surface area (Å²) in [7, 11) is 0. The highest BCUT2D eigenvalue weighted by atomic mass is 16.6. The molecule has 0 saturated carbocycles. The fraction of sp³-hybridized carbons (Fsp3) is 0.846. The van der Waals surface area contributed by atoms with Gasteiger partial charge < -0.3 is 31.2 Å². The van der Waals surface area contributed by atoms with Crippen LogP contribution in [0.15, 0.2) is 0 Å². The smallest absolute Gasteiger partial charge is 0.306 e. The first-order valence-electron chi connectivity index (χ1n) is 13.0. The number of carbonyl (C=O) groups is 4. The van der Waals surface area contributed by atoms with Crippen molar-refractivity contribution < 1.29 is 28.7 Å². The van der Waals surface area contributed by atoms with Gasteiger partial charge in [0.2, 0.25) is 17.7 Å². The Bertz CT molecular complexity index is 703. The molecule has 0 fully saturated rings. The molecule has 36 heavy (non-hydrogen) atoms. The zero-order chi connectivity index (χ0) is 27.9. The van der Waals surface area contributed by atoms with Gasteiger partial charge in [0.25, 0.3) is 0 Å². The van der Waals surface area contributed by atoms with Crippen molar-refractivity contribution in [2.24, 2.45) is 11.7 Å². The summed E-state index contributed by atoms with van der Waals surface area (Å²) in [6.45, 7) is 16.7. The standard InChI is InChI=1S/C26H50N4O6/c1-9-35-26(7,8)15-17-28-21(31)12-11-20(24(34)29-16-14-18(2)3)30-23(33)19(27)10-13-22(32)36-25(4,5)6/h18-20H,9-17,27H2,1-8H3,(H,28,31)(H,29,34)(H,30,33)/t19-,20-/m0/s1. The van der Waals surface area contributed by atoms with Gasteiger partial charge in [0.1, 0.15) is 11.6 Å². The molecule has 0 aliphatic heterocycles. The van der Waals surface area contributed by atoms with Crippen molar-refractivity contribution in [3.8, 4) is 0 Å². The quantitative estimate of drug-likeness (QED) is 0.217. The van der Waals surface area contributed by atoms with Gasteiger partial charge in [-0.1, -0.05) is 13.8 Å². The molecule has 0 bridgehead atoms. The van der Waals surface area contributed by atoms with Crippen LogP contribution >= 0.6 is 0 Å². The fourth-order valence-corrected chi connectivity index (χ4v) is 3.28. The molecule has 2 atom stereocenters. The minimum atomic E-state index is -0.988. The molecule has 0 aromatic carbocycles. The number of hydrogen-bond donors (Lipinski definition) is 4. The van der Waals surface area contributed by atoms with E-state index in [2.05, 4.69) is 16.0 Å². The van der Waals surface area contributed by atoms with Crippen LogP contribution in [-0.4, -0.2) is 66.7 Å². The molecule has 0 aliphatic rings. The van der Waals surface area contributed by atoms with E-state index in [0.717, 1.165) is 6.42 Å².